The minimum atomic E-state index is -0.814. The quantitative estimate of drug-likeness (QED) is 0.0237. The topological polar surface area (TPSA) is 422 Å². The molecule has 834 valence electrons. The maximum Gasteiger partial charge on any atom is 0.309 e. The van der Waals surface area contributed by atoms with Gasteiger partial charge in [0.2, 0.25) is 0 Å². The number of hydrogen-bond acceptors (Lipinski definition) is 30. The lowest BCUT2D eigenvalue weighted by atomic mass is 9.93. The average Bonchev–Trinajstić information content (AvgIpc) is 1.70. The smallest absolute Gasteiger partial charge is 0.309 e. The molecule has 0 saturated heterocycles. The number of nitrogens with zero attached hydrogens (tertiary/aromatic N) is 3. The first-order valence-corrected chi connectivity index (χ1v) is 54.1. The molecule has 0 aromatic rings. The van der Waals surface area contributed by atoms with Gasteiger partial charge in [0.15, 0.2) is 0 Å². The van der Waals surface area contributed by atoms with Crippen molar-refractivity contribution in [3.63, 3.8) is 0 Å². The maximum absolute atomic E-state index is 12.0. The molecule has 9 aliphatic carbocycles. The van der Waals surface area contributed by atoms with Gasteiger partial charge in [-0.1, -0.05) is 173 Å². The first-order chi connectivity index (χ1) is 66.7. The second kappa shape index (κ2) is 69.3. The largest absolute Gasteiger partial charge is 0.462 e. The van der Waals surface area contributed by atoms with Crippen molar-refractivity contribution >= 4 is 52.4 Å². The molecule has 0 amide bonds. The highest BCUT2D eigenvalue weighted by atomic mass is 17.0. The summed E-state index contributed by atoms with van der Waals surface area (Å²) in [6.45, 7) is 68.7. The van der Waals surface area contributed by atoms with Gasteiger partial charge in [-0.25, -0.2) is 0 Å². The zero-order valence-electron chi connectivity index (χ0n) is 95.2. The van der Waals surface area contributed by atoms with E-state index in [1.807, 2.05) is 145 Å². The van der Waals surface area contributed by atoms with Gasteiger partial charge in [0.1, 0.15) is 71.0 Å². The van der Waals surface area contributed by atoms with Crippen molar-refractivity contribution in [1.82, 2.24) is 0 Å². The fraction of sp³-hybridized carbons (Fsp3) is 0.918. The normalized spacial score (nSPS) is 30.4. The third-order valence-corrected chi connectivity index (χ3v) is 29.8. The fourth-order valence-electron chi connectivity index (χ4n) is 20.8. The lowest BCUT2D eigenvalue weighted by Crippen LogP contribution is -2.29. The van der Waals surface area contributed by atoms with Crippen molar-refractivity contribution in [2.45, 2.75) is 436 Å². The number of hydrogen-bond donors (Lipinski definition) is 0. The van der Waals surface area contributed by atoms with E-state index >= 15 is 0 Å². The van der Waals surface area contributed by atoms with Crippen LogP contribution < -0.4 is 0 Å². The minimum absolute atomic E-state index is 0.00214. The summed E-state index contributed by atoms with van der Waals surface area (Å²) in [5, 5.41) is 28.9. The van der Waals surface area contributed by atoms with Crippen molar-refractivity contribution in [3.05, 3.63) is 30.3 Å². The van der Waals surface area contributed by atoms with Gasteiger partial charge >= 0.3 is 11.9 Å². The van der Waals surface area contributed by atoms with Gasteiger partial charge in [0.25, 0.3) is 15.3 Å². The Morgan fingerprint density at radius 2 is 0.434 bits per heavy atom. The van der Waals surface area contributed by atoms with Crippen molar-refractivity contribution < 1.29 is 130 Å². The predicted octanol–water partition coefficient (Wildman–Crippen LogP) is 21.0. The van der Waals surface area contributed by atoms with E-state index in [0.717, 1.165) is 77.0 Å². The lowest BCUT2D eigenvalue weighted by Gasteiger charge is -2.19. The Morgan fingerprint density at radius 3 is 0.636 bits per heavy atom. The molecule has 0 spiro atoms. The van der Waals surface area contributed by atoms with Crippen LogP contribution in [0.5, 0.6) is 0 Å². The zero-order valence-corrected chi connectivity index (χ0v) is 95.2. The van der Waals surface area contributed by atoms with Crippen LogP contribution in [0.25, 0.3) is 0 Å². The van der Waals surface area contributed by atoms with Crippen molar-refractivity contribution in [1.29, 1.82) is 0 Å². The molecule has 143 heavy (non-hydrogen) atoms. The van der Waals surface area contributed by atoms with Crippen LogP contribution in [0, 0.1) is 178 Å². The van der Waals surface area contributed by atoms with Crippen LogP contribution in [0.15, 0.2) is 0 Å². The Kier molecular flexibility index (Phi) is 65.3. The van der Waals surface area contributed by atoms with Gasteiger partial charge in [0, 0.05) is 125 Å². The number of Topliss-reactive ketones (excluding diaryl/α,β-unsaturated/α-hetero) is 7. The number of esters is 2. The Labute approximate surface area is 859 Å². The van der Waals surface area contributed by atoms with Gasteiger partial charge in [0.05, 0.1) is 99.3 Å². The van der Waals surface area contributed by atoms with Crippen LogP contribution in [0.3, 0.4) is 0 Å². The number of carbonyl (C=O) groups is 9. The second-order valence-electron chi connectivity index (χ2n) is 45.4. The summed E-state index contributed by atoms with van der Waals surface area (Å²) >= 11 is 0. The van der Waals surface area contributed by atoms with Gasteiger partial charge in [-0.05, 0) is 224 Å². The van der Waals surface area contributed by atoms with E-state index in [9.17, 15) is 73.5 Å². The summed E-state index contributed by atoms with van der Waals surface area (Å²) in [4.78, 5) is 152. The van der Waals surface area contributed by atoms with Gasteiger partial charge in [-0.15, -0.1) is 30.3 Å². The van der Waals surface area contributed by atoms with Gasteiger partial charge < -0.3 is 71.4 Å². The Morgan fingerprint density at radius 1 is 0.252 bits per heavy atom. The molecule has 0 aromatic carbocycles. The molecule has 0 N–H and O–H groups in total. The number of rotatable bonds is 44. The third kappa shape index (κ3) is 49.4. The van der Waals surface area contributed by atoms with Crippen LogP contribution >= 0.6 is 0 Å². The monoisotopic (exact) mass is 2040 g/mol. The summed E-state index contributed by atoms with van der Waals surface area (Å²) < 4.78 is 65.2. The molecule has 0 heterocycles. The van der Waals surface area contributed by atoms with Crippen LogP contribution in [0.4, 0.5) is 0 Å². The summed E-state index contributed by atoms with van der Waals surface area (Å²) in [6, 6.07) is 0. The molecular formula is C110H199N3O30. The summed E-state index contributed by atoms with van der Waals surface area (Å²) in [5.74, 6) is 6.93. The van der Waals surface area contributed by atoms with E-state index < -0.39 is 45.8 Å². The van der Waals surface area contributed by atoms with Gasteiger partial charge in [-0.3, -0.25) is 43.2 Å². The summed E-state index contributed by atoms with van der Waals surface area (Å²) in [7, 11) is 6.93. The molecule has 4 unspecified atom stereocenters. The molecule has 33 nitrogen and oxygen atoms in total. The van der Waals surface area contributed by atoms with E-state index in [2.05, 4.69) is 97.6 Å². The molecule has 0 bridgehead atoms. The number of carbonyl (C=O) groups excluding carboxylic acids is 9. The van der Waals surface area contributed by atoms with Crippen molar-refractivity contribution in [2.24, 2.45) is 148 Å². The van der Waals surface area contributed by atoms with E-state index in [0.29, 0.717) is 167 Å². The van der Waals surface area contributed by atoms with E-state index in [-0.39, 0.29) is 173 Å². The van der Waals surface area contributed by atoms with E-state index in [1.165, 1.54) is 0 Å². The standard InChI is InChI=1S/2C13H23NO6.C13H24O3.2C13H24O2.C12H21NO5.3C11H20O2/c2*1-4-18-5-6-19-11-7-10(13(15)9(2)3)8-12(11)20-14(16)17;1-8(2)10(4)16-13(14)11-6-9(3)12(7-11)15-5;2*1-8(2)13(14)11-6-10(5)12(7-11)15-9(3)4;1-7(2)9(4)17-12(14)10-5-8(3)11(6-10)18-13(15)16;3*1-7(2)11(12)9-5-8(3)10(6-9)13-4/h2*9-12H,4-8H2,1-3H3;8-12H,6-7H2,1-5H3;2*8-12H,6-7H2,1-5H3;7-11H,5-6H2,1-4H3;3*7-10H,5-6H2,1-4H3/t10?,11-,12-;10-,11+,12+;9-,10?,11?,12-;2*10-,11-,12-;8-,9?,10+,11-;3*8-,9-,10-/m110100100/s1. The Bertz CT molecular complexity index is 3470. The van der Waals surface area contributed by atoms with Crippen LogP contribution in [0.2, 0.25) is 0 Å². The fourth-order valence-corrected chi connectivity index (χ4v) is 20.8. The first kappa shape index (κ1) is 135. The molecule has 29 atom stereocenters. The first-order valence-electron chi connectivity index (χ1n) is 54.1. The molecule has 0 aliphatic heterocycles. The molecular weight excluding hydrogens is 1840 g/mol. The SMILES string of the molecule is CC(C)C(C)OC(=O)[C@H]1C[C@H](O[N+](=O)[O-])[C@@H](C)C1.CC(C)O[C@@H]1C[C@H](C(=O)C(C)C)C[C@H]1C.CC(C)O[C@H]1C[C@@H](C(=O)C(C)C)C[C@@H]1C.CCOCCO[C@@H]1CC(C(=O)C(C)C)C[C@H]1O[N+](=O)[O-].CCOCCO[C@H]1C[C@@H](C(=O)C(C)C)C[C@@H]1O[N+](=O)[O-].CO[C@@H]1C[C@H](C(=O)C(C)C)C[C@H]1C.CO[C@H]1CC(C(=O)OC(C)C(C)C)C[C@@H]1C.CO[C@H]1C[C@@H](C(=O)C(C)C)C[C@@H]1C.CO[C@H]1C[C@@H](C(=O)C(C)C)C[C@@H]1C. The van der Waals surface area contributed by atoms with Crippen LogP contribution in [0.1, 0.15) is 344 Å². The molecule has 9 fully saturated rings. The van der Waals surface area contributed by atoms with Crippen LogP contribution in [-0.2, 0) is 115 Å². The van der Waals surface area contributed by atoms with Crippen molar-refractivity contribution in [2.75, 3.05) is 68.1 Å². The molecule has 9 aliphatic rings. The second-order valence-corrected chi connectivity index (χ2v) is 45.4. The molecule has 33 heteroatoms. The Balaban J connectivity index is 0.000000808. The molecule has 9 rings (SSSR count). The minimum Gasteiger partial charge on any atom is -0.462 e. The summed E-state index contributed by atoms with van der Waals surface area (Å²) in [6.07, 6.45) is 13.4. The van der Waals surface area contributed by atoms with E-state index in [1.54, 1.807) is 28.4 Å². The highest BCUT2D eigenvalue weighted by Crippen LogP contribution is 2.43. The number of ether oxygens (including phenoxy) is 12. The molecule has 0 aromatic heterocycles. The zero-order chi connectivity index (χ0) is 110. The highest BCUT2D eigenvalue weighted by Gasteiger charge is 2.47. The Hall–Kier alpha value is -6.17. The highest BCUT2D eigenvalue weighted by molar-refractivity contribution is 5.86. The summed E-state index contributed by atoms with van der Waals surface area (Å²) in [5.41, 5.74) is 0. The average molecular weight is 2040 g/mol. The molecule has 9 saturated carbocycles. The maximum atomic E-state index is 12.0. The van der Waals surface area contributed by atoms with Crippen LogP contribution in [-0.4, -0.2) is 227 Å². The van der Waals surface area contributed by atoms with E-state index in [4.69, 9.17) is 56.8 Å². The number of methoxy groups -OCH3 is 4. The molecule has 0 radical (unpaired) electrons. The third-order valence-electron chi connectivity index (χ3n) is 29.8. The number of ketones is 7. The van der Waals surface area contributed by atoms with Gasteiger partial charge in [-0.2, -0.15) is 0 Å². The lowest BCUT2D eigenvalue weighted by molar-refractivity contribution is -0.770. The van der Waals surface area contributed by atoms with Crippen molar-refractivity contribution in [3.8, 4) is 0 Å². The predicted molar refractivity (Wildman–Crippen MR) is 550 cm³/mol.